The molecule has 2 saturated carbocycles. The zero-order valence-electron chi connectivity index (χ0n) is 51.0. The van der Waals surface area contributed by atoms with Gasteiger partial charge in [-0.2, -0.15) is 26.3 Å². The van der Waals surface area contributed by atoms with Gasteiger partial charge in [0.1, 0.15) is 23.7 Å². The number of nitrogens with one attached hydrogen (secondary N) is 4. The lowest BCUT2D eigenvalue weighted by Crippen LogP contribution is -2.55. The Morgan fingerprint density at radius 1 is 0.575 bits per heavy atom. The van der Waals surface area contributed by atoms with E-state index in [4.69, 9.17) is 19.4 Å². The zero-order chi connectivity index (χ0) is 62.2. The molecule has 6 aromatic rings. The van der Waals surface area contributed by atoms with E-state index in [1.165, 1.54) is 22.3 Å². The number of hydrogen-bond donors (Lipinski definition) is 4. The van der Waals surface area contributed by atoms with E-state index in [1.807, 2.05) is 21.9 Å². The molecule has 466 valence electrons. The Kier molecular flexibility index (Phi) is 16.6. The molecule has 6 aliphatic carbocycles. The Labute approximate surface area is 503 Å². The van der Waals surface area contributed by atoms with Crippen molar-refractivity contribution in [3.05, 3.63) is 107 Å². The second-order valence-corrected chi connectivity index (χ2v) is 27.0. The van der Waals surface area contributed by atoms with E-state index < -0.39 is 71.7 Å². The minimum Gasteiger partial charge on any atom is -0.434 e. The highest BCUT2D eigenvalue weighted by molar-refractivity contribution is 5.89. The molecule has 4 heterocycles. The Morgan fingerprint density at radius 3 is 1.48 bits per heavy atom. The molecule has 2 aliphatic heterocycles. The number of H-pyrrole nitrogens is 2. The molecule has 87 heavy (non-hydrogen) atoms. The van der Waals surface area contributed by atoms with Gasteiger partial charge in [-0.3, -0.25) is 9.59 Å². The first-order valence-corrected chi connectivity index (χ1v) is 31.1. The number of fused-ring (bicyclic) bond motifs is 4. The second kappa shape index (κ2) is 23.4. The number of benzene rings is 4. The second-order valence-electron chi connectivity index (χ2n) is 27.0. The zero-order valence-corrected chi connectivity index (χ0v) is 51.0. The van der Waals surface area contributed by atoms with Crippen LogP contribution < -0.4 is 10.6 Å². The molecule has 0 radical (unpaired) electrons. The van der Waals surface area contributed by atoms with Crippen LogP contribution in [0.3, 0.4) is 0 Å². The van der Waals surface area contributed by atoms with Crippen LogP contribution in [0.15, 0.2) is 72.8 Å². The summed E-state index contributed by atoms with van der Waals surface area (Å²) in [5, 5.41) is 5.02. The third-order valence-electron chi connectivity index (χ3n) is 19.5. The van der Waals surface area contributed by atoms with Crippen LogP contribution in [0.2, 0.25) is 0 Å². The highest BCUT2D eigenvalue weighted by Gasteiger charge is 2.54. The van der Waals surface area contributed by atoms with Crippen LogP contribution >= 0.6 is 0 Å². The molecule has 14 rings (SSSR count). The molecule has 8 aliphatic rings. The summed E-state index contributed by atoms with van der Waals surface area (Å²) in [5.74, 6) is 0.126. The molecule has 2 saturated heterocycles. The SMILES string of the molecule is CC(C)C(NC(=O)OC(C)(C)C(F)(F)F)C(=O)N1[C@H](c2nc3ccc(-c4cc5ccc4CCc4ccc(c(-c6ccc7nc([C@@H]8C[C@@H]9CCCC[C@@H]9N8C(=O)C(NC(=O)OC(C)(C)C(F)(F)F)C(C)C)[nH]c7c6)c4)C[C@H]5C)cc3[nH]2)C[C@@H]2CCCC[C@@H]21. The first kappa shape index (κ1) is 61.5. The Morgan fingerprint density at radius 2 is 1.02 bits per heavy atom. The number of likely N-dealkylation sites (tertiary alicyclic amines) is 2. The standard InChI is InChI=1S/C67H80F6N8O6/c1-35(2)56(78-62(84)86-64(6,7)66(68,69)70)60(82)80-52-16-12-10-14-44(52)33-54(80)58-74-48-26-24-42(31-50(48)76-58)46-29-38-18-20-39-22-23-40(37(5)28-41(46)21-19-38)30-47(39)43-25-27-49-51(32-43)77-59(75-49)55-34-45-15-11-13-17-53(45)81(55)61(83)57(36(3)4)79-63(85)87-65(8,9)67(71,72)73/h19,21-27,29-32,35-37,44-45,52-57H,10-18,20,28,33-34H2,1-9H3,(H,74,76)(H,75,77)(H,78,84)(H,79,85)/t37-,44+,45+,52+,53+,54+,55+,56?,57?/m1/s1. The summed E-state index contributed by atoms with van der Waals surface area (Å²) in [6.45, 7) is 12.4. The summed E-state index contributed by atoms with van der Waals surface area (Å²) in [6, 6.07) is 22.6. The van der Waals surface area contributed by atoms with Crippen molar-refractivity contribution in [1.82, 2.24) is 40.4 Å². The molecular weight excluding hydrogens is 1130 g/mol. The number of rotatable bonds is 12. The third-order valence-corrected chi connectivity index (χ3v) is 19.5. The van der Waals surface area contributed by atoms with Crippen molar-refractivity contribution in [3.63, 3.8) is 0 Å². The normalized spacial score (nSPS) is 23.3. The molecule has 4 aromatic carbocycles. The molecule has 4 amide bonds. The van der Waals surface area contributed by atoms with Gasteiger partial charge in [0.25, 0.3) is 0 Å². The molecule has 4 N–H and O–H groups in total. The molecule has 14 nitrogen and oxygen atoms in total. The highest BCUT2D eigenvalue weighted by Crippen LogP contribution is 2.49. The van der Waals surface area contributed by atoms with E-state index in [0.29, 0.717) is 24.5 Å². The number of aromatic nitrogens is 4. The number of carbonyl (C=O) groups is 4. The van der Waals surface area contributed by atoms with E-state index in [9.17, 15) is 45.5 Å². The highest BCUT2D eigenvalue weighted by atomic mass is 19.4. The fraction of sp³-hybridized carbons (Fsp3) is 0.552. The van der Waals surface area contributed by atoms with E-state index in [1.54, 1.807) is 27.7 Å². The van der Waals surface area contributed by atoms with E-state index in [-0.39, 0.29) is 41.7 Å². The van der Waals surface area contributed by atoms with Gasteiger partial charge in [-0.05, 0) is 184 Å². The Hall–Kier alpha value is -7.12. The number of alkyl halides is 6. The summed E-state index contributed by atoms with van der Waals surface area (Å²) in [4.78, 5) is 76.7. The van der Waals surface area contributed by atoms with Crippen molar-refractivity contribution >= 4 is 46.1 Å². The van der Waals surface area contributed by atoms with Crippen LogP contribution in [0.4, 0.5) is 35.9 Å². The number of amides is 4. The molecule has 2 aromatic heterocycles. The van der Waals surface area contributed by atoms with E-state index in [0.717, 1.165) is 143 Å². The van der Waals surface area contributed by atoms with Gasteiger partial charge in [0.2, 0.25) is 23.0 Å². The van der Waals surface area contributed by atoms with Gasteiger partial charge in [0, 0.05) is 12.1 Å². The Bertz CT molecular complexity index is 3590. The molecule has 4 bridgehead atoms. The monoisotopic (exact) mass is 1210 g/mol. The summed E-state index contributed by atoms with van der Waals surface area (Å²) in [5.41, 5.74) is 6.58. The van der Waals surface area contributed by atoms with Gasteiger partial charge in [0.15, 0.2) is 0 Å². The van der Waals surface area contributed by atoms with Crippen molar-refractivity contribution in [2.45, 2.75) is 212 Å². The first-order chi connectivity index (χ1) is 41.0. The summed E-state index contributed by atoms with van der Waals surface area (Å²) in [7, 11) is 0. The molecular formula is C67H80F6N8O6. The van der Waals surface area contributed by atoms with Gasteiger partial charge in [0.05, 0.1) is 34.2 Å². The van der Waals surface area contributed by atoms with Crippen molar-refractivity contribution in [1.29, 1.82) is 0 Å². The topological polar surface area (TPSA) is 175 Å². The third kappa shape index (κ3) is 12.2. The molecule has 4 fully saturated rings. The lowest BCUT2D eigenvalue weighted by molar-refractivity contribution is -0.244. The summed E-state index contributed by atoms with van der Waals surface area (Å²) in [6.07, 6.45) is -1.31. The minimum absolute atomic E-state index is 0.111. The van der Waals surface area contributed by atoms with Crippen LogP contribution in [0.5, 0.6) is 0 Å². The molecule has 9 atom stereocenters. The maximum absolute atomic E-state index is 14.8. The lowest BCUT2D eigenvalue weighted by Gasteiger charge is -2.37. The fourth-order valence-electron chi connectivity index (χ4n) is 14.3. The van der Waals surface area contributed by atoms with Gasteiger partial charge in [-0.1, -0.05) is 109 Å². The first-order valence-electron chi connectivity index (χ1n) is 31.1. The van der Waals surface area contributed by atoms with Crippen molar-refractivity contribution < 1.29 is 55.0 Å². The number of hydrogen-bond acceptors (Lipinski definition) is 8. The number of alkyl carbamates (subject to hydrolysis) is 2. The molecule has 2 unspecified atom stereocenters. The number of carbonyl (C=O) groups excluding carboxylic acids is 4. The average Bonchev–Trinajstić information content (AvgIpc) is 1.86. The van der Waals surface area contributed by atoms with Crippen LogP contribution in [-0.4, -0.2) is 101 Å². The maximum Gasteiger partial charge on any atom is 0.427 e. The lowest BCUT2D eigenvalue weighted by atomic mass is 9.84. The van der Waals surface area contributed by atoms with Crippen LogP contribution in [0.25, 0.3) is 44.3 Å². The van der Waals surface area contributed by atoms with E-state index >= 15 is 0 Å². The summed E-state index contributed by atoms with van der Waals surface area (Å²) < 4.78 is 92.1. The van der Waals surface area contributed by atoms with Gasteiger partial charge in [-0.25, -0.2) is 19.6 Å². The number of halogens is 6. The van der Waals surface area contributed by atoms with E-state index in [2.05, 4.69) is 88.2 Å². The quantitative estimate of drug-likeness (QED) is 0.0876. The number of imidazole rings is 2. The molecule has 0 spiro atoms. The summed E-state index contributed by atoms with van der Waals surface area (Å²) >= 11 is 0. The smallest absolute Gasteiger partial charge is 0.427 e. The number of aromatic amines is 2. The number of ether oxygens (including phenoxy) is 2. The van der Waals surface area contributed by atoms with Crippen LogP contribution in [-0.2, 0) is 38.3 Å². The molecule has 20 heteroatoms. The van der Waals surface area contributed by atoms with Gasteiger partial charge >= 0.3 is 24.5 Å². The largest absolute Gasteiger partial charge is 0.434 e. The number of nitrogens with zero attached hydrogens (tertiary/aromatic N) is 4. The van der Waals surface area contributed by atoms with Gasteiger partial charge < -0.3 is 39.9 Å². The van der Waals surface area contributed by atoms with Crippen LogP contribution in [0, 0.1) is 23.7 Å². The fourth-order valence-corrected chi connectivity index (χ4v) is 14.3. The minimum atomic E-state index is -4.81. The Balaban J connectivity index is 0.836. The van der Waals surface area contributed by atoms with Crippen molar-refractivity contribution in [2.75, 3.05) is 0 Å². The maximum atomic E-state index is 14.8. The van der Waals surface area contributed by atoms with Gasteiger partial charge in [-0.15, -0.1) is 0 Å². The van der Waals surface area contributed by atoms with Crippen molar-refractivity contribution in [2.24, 2.45) is 23.7 Å². The average molecular weight is 1210 g/mol. The predicted octanol–water partition coefficient (Wildman–Crippen LogP) is 15.1. The van der Waals surface area contributed by atoms with Crippen molar-refractivity contribution in [3.8, 4) is 22.3 Å². The van der Waals surface area contributed by atoms with Crippen LogP contribution in [0.1, 0.15) is 178 Å². The predicted molar refractivity (Wildman–Crippen MR) is 319 cm³/mol. The number of aryl methyl sites for hydroxylation is 2.